The van der Waals surface area contributed by atoms with Crippen LogP contribution in [0, 0.1) is 6.92 Å². The minimum Gasteiger partial charge on any atom is -0.317 e. The zero-order valence-electron chi connectivity index (χ0n) is 12.9. The number of hydrogen-bond acceptors (Lipinski definition) is 3. The first kappa shape index (κ1) is 14.1. The van der Waals surface area contributed by atoms with E-state index in [2.05, 4.69) is 53.4 Å². The molecule has 3 nitrogen and oxygen atoms in total. The molecule has 0 radical (unpaired) electrons. The van der Waals surface area contributed by atoms with Gasteiger partial charge in [0.15, 0.2) is 0 Å². The van der Waals surface area contributed by atoms with Gasteiger partial charge in [-0.15, -0.1) is 0 Å². The van der Waals surface area contributed by atoms with E-state index in [1.54, 1.807) is 5.56 Å². The van der Waals surface area contributed by atoms with E-state index in [1.165, 1.54) is 44.6 Å². The van der Waals surface area contributed by atoms with E-state index in [-0.39, 0.29) is 5.54 Å². The minimum atomic E-state index is 0.262. The van der Waals surface area contributed by atoms with Gasteiger partial charge in [-0.3, -0.25) is 4.90 Å². The predicted molar refractivity (Wildman–Crippen MR) is 84.0 cm³/mol. The SMILES string of the molecule is Cc1ccccc1C1(N2CCN(C)CC2)CCNCC1. The molecule has 1 N–H and O–H groups in total. The van der Waals surface area contributed by atoms with Crippen LogP contribution in [0.15, 0.2) is 24.3 Å². The number of benzene rings is 1. The van der Waals surface area contributed by atoms with Crippen LogP contribution in [-0.2, 0) is 5.54 Å². The van der Waals surface area contributed by atoms with Crippen molar-refractivity contribution in [3.8, 4) is 0 Å². The fraction of sp³-hybridized carbons (Fsp3) is 0.647. The predicted octanol–water partition coefficient (Wildman–Crippen LogP) is 1.82. The Morgan fingerprint density at radius 2 is 1.65 bits per heavy atom. The maximum Gasteiger partial charge on any atom is 0.0488 e. The molecule has 0 spiro atoms. The summed E-state index contributed by atoms with van der Waals surface area (Å²) in [5, 5.41) is 3.54. The van der Waals surface area contributed by atoms with Crippen molar-refractivity contribution in [3.05, 3.63) is 35.4 Å². The van der Waals surface area contributed by atoms with Crippen LogP contribution in [-0.4, -0.2) is 56.1 Å². The average molecular weight is 273 g/mol. The summed E-state index contributed by atoms with van der Waals surface area (Å²) in [6, 6.07) is 9.01. The monoisotopic (exact) mass is 273 g/mol. The molecule has 0 bridgehead atoms. The van der Waals surface area contributed by atoms with E-state index in [4.69, 9.17) is 0 Å². The molecular weight excluding hydrogens is 246 g/mol. The van der Waals surface area contributed by atoms with Gasteiger partial charge >= 0.3 is 0 Å². The second-order valence-corrected chi connectivity index (χ2v) is 6.39. The molecule has 2 heterocycles. The third kappa shape index (κ3) is 2.50. The van der Waals surface area contributed by atoms with Crippen LogP contribution >= 0.6 is 0 Å². The highest BCUT2D eigenvalue weighted by molar-refractivity contribution is 5.34. The maximum absolute atomic E-state index is 3.54. The van der Waals surface area contributed by atoms with Gasteiger partial charge in [-0.05, 0) is 51.0 Å². The molecule has 2 aliphatic heterocycles. The molecule has 0 aliphatic carbocycles. The van der Waals surface area contributed by atoms with Gasteiger partial charge in [0.25, 0.3) is 0 Å². The second-order valence-electron chi connectivity index (χ2n) is 6.39. The molecule has 2 fully saturated rings. The van der Waals surface area contributed by atoms with Crippen LogP contribution in [0.25, 0.3) is 0 Å². The third-order valence-corrected chi connectivity index (χ3v) is 5.19. The maximum atomic E-state index is 3.54. The lowest BCUT2D eigenvalue weighted by Gasteiger charge is -2.50. The number of piperidine rings is 1. The fourth-order valence-corrected chi connectivity index (χ4v) is 3.93. The molecule has 110 valence electrons. The van der Waals surface area contributed by atoms with E-state index < -0.39 is 0 Å². The van der Waals surface area contributed by atoms with Gasteiger partial charge in [-0.1, -0.05) is 24.3 Å². The molecule has 2 saturated heterocycles. The summed E-state index contributed by atoms with van der Waals surface area (Å²) in [6.45, 7) is 9.34. The Labute approximate surface area is 123 Å². The number of nitrogens with zero attached hydrogens (tertiary/aromatic N) is 2. The molecule has 0 unspecified atom stereocenters. The van der Waals surface area contributed by atoms with Crippen molar-refractivity contribution in [2.75, 3.05) is 46.3 Å². The Hall–Kier alpha value is -0.900. The molecule has 1 aromatic carbocycles. The lowest BCUT2D eigenvalue weighted by molar-refractivity contribution is 0.0145. The van der Waals surface area contributed by atoms with Crippen molar-refractivity contribution < 1.29 is 0 Å². The van der Waals surface area contributed by atoms with Crippen molar-refractivity contribution >= 4 is 0 Å². The average Bonchev–Trinajstić information content (AvgIpc) is 2.49. The zero-order valence-corrected chi connectivity index (χ0v) is 12.9. The zero-order chi connectivity index (χ0) is 14.0. The fourth-order valence-electron chi connectivity index (χ4n) is 3.93. The first-order valence-corrected chi connectivity index (χ1v) is 7.93. The highest BCUT2D eigenvalue weighted by Crippen LogP contribution is 2.39. The number of aryl methyl sites for hydroxylation is 1. The van der Waals surface area contributed by atoms with E-state index in [9.17, 15) is 0 Å². The summed E-state index contributed by atoms with van der Waals surface area (Å²) in [5.41, 5.74) is 3.28. The highest BCUT2D eigenvalue weighted by atomic mass is 15.3. The Kier molecular flexibility index (Phi) is 4.11. The van der Waals surface area contributed by atoms with Crippen molar-refractivity contribution in [1.82, 2.24) is 15.1 Å². The van der Waals surface area contributed by atoms with E-state index >= 15 is 0 Å². The Bertz CT molecular complexity index is 443. The first-order valence-electron chi connectivity index (χ1n) is 7.93. The summed E-state index contributed by atoms with van der Waals surface area (Å²) < 4.78 is 0. The van der Waals surface area contributed by atoms with Crippen molar-refractivity contribution in [2.45, 2.75) is 25.3 Å². The normalized spacial score (nSPS) is 24.7. The van der Waals surface area contributed by atoms with Crippen LogP contribution in [0.2, 0.25) is 0 Å². The molecule has 0 saturated carbocycles. The first-order chi connectivity index (χ1) is 9.72. The standard InChI is InChI=1S/C17H27N3/c1-15-5-3-4-6-16(15)17(7-9-18-10-8-17)20-13-11-19(2)12-14-20/h3-6,18H,7-14H2,1-2H3. The van der Waals surface area contributed by atoms with Gasteiger partial charge in [0.05, 0.1) is 0 Å². The number of likely N-dealkylation sites (N-methyl/N-ethyl adjacent to an activating group) is 1. The molecule has 1 aromatic rings. The molecule has 3 heteroatoms. The van der Waals surface area contributed by atoms with Crippen LogP contribution in [0.5, 0.6) is 0 Å². The van der Waals surface area contributed by atoms with Crippen LogP contribution < -0.4 is 5.32 Å². The van der Waals surface area contributed by atoms with Crippen molar-refractivity contribution in [2.24, 2.45) is 0 Å². The van der Waals surface area contributed by atoms with Gasteiger partial charge in [0.1, 0.15) is 0 Å². The quantitative estimate of drug-likeness (QED) is 0.887. The molecule has 2 aliphatic rings. The largest absolute Gasteiger partial charge is 0.317 e. The number of piperazine rings is 1. The smallest absolute Gasteiger partial charge is 0.0488 e. The summed E-state index contributed by atoms with van der Waals surface area (Å²) >= 11 is 0. The van der Waals surface area contributed by atoms with Gasteiger partial charge in [-0.2, -0.15) is 0 Å². The van der Waals surface area contributed by atoms with E-state index in [1.807, 2.05) is 0 Å². The number of rotatable bonds is 2. The Morgan fingerprint density at radius 3 is 2.30 bits per heavy atom. The Balaban J connectivity index is 1.94. The van der Waals surface area contributed by atoms with Gasteiger partial charge in [0.2, 0.25) is 0 Å². The number of hydrogen-bond donors (Lipinski definition) is 1. The van der Waals surface area contributed by atoms with Gasteiger partial charge in [0, 0.05) is 31.7 Å². The molecule has 20 heavy (non-hydrogen) atoms. The van der Waals surface area contributed by atoms with Crippen LogP contribution in [0.3, 0.4) is 0 Å². The lowest BCUT2D eigenvalue weighted by atomic mass is 9.77. The molecule has 3 rings (SSSR count). The van der Waals surface area contributed by atoms with Crippen molar-refractivity contribution in [3.63, 3.8) is 0 Å². The molecule has 0 amide bonds. The second kappa shape index (κ2) is 5.84. The van der Waals surface area contributed by atoms with E-state index in [0.717, 1.165) is 13.1 Å². The topological polar surface area (TPSA) is 18.5 Å². The summed E-state index contributed by atoms with van der Waals surface area (Å²) in [4.78, 5) is 5.21. The molecular formula is C17H27N3. The van der Waals surface area contributed by atoms with Gasteiger partial charge < -0.3 is 10.2 Å². The van der Waals surface area contributed by atoms with Crippen LogP contribution in [0.4, 0.5) is 0 Å². The Morgan fingerprint density at radius 1 is 1.00 bits per heavy atom. The van der Waals surface area contributed by atoms with Gasteiger partial charge in [-0.25, -0.2) is 0 Å². The highest BCUT2D eigenvalue weighted by Gasteiger charge is 2.41. The minimum absolute atomic E-state index is 0.262. The summed E-state index contributed by atoms with van der Waals surface area (Å²) in [6.07, 6.45) is 2.48. The molecule has 0 atom stereocenters. The summed E-state index contributed by atoms with van der Waals surface area (Å²) in [5.74, 6) is 0. The van der Waals surface area contributed by atoms with Crippen molar-refractivity contribution in [1.29, 1.82) is 0 Å². The number of nitrogens with one attached hydrogen (secondary N) is 1. The van der Waals surface area contributed by atoms with Crippen LogP contribution in [0.1, 0.15) is 24.0 Å². The molecule has 0 aromatic heterocycles. The third-order valence-electron chi connectivity index (χ3n) is 5.19. The summed E-state index contributed by atoms with van der Waals surface area (Å²) in [7, 11) is 2.24. The van der Waals surface area contributed by atoms with E-state index in [0.29, 0.717) is 0 Å². The lowest BCUT2D eigenvalue weighted by Crippen LogP contribution is -2.58.